The van der Waals surface area contributed by atoms with Gasteiger partial charge in [0.25, 0.3) is 0 Å². The molecule has 0 saturated carbocycles. The summed E-state index contributed by atoms with van der Waals surface area (Å²) in [7, 11) is 0. The molecule has 11 heteroatoms. The number of pyridine rings is 1. The van der Waals surface area contributed by atoms with Crippen LogP contribution < -0.4 is 16.0 Å². The Hall–Kier alpha value is -3.66. The highest BCUT2D eigenvalue weighted by Crippen LogP contribution is 2.25. The Labute approximate surface area is 243 Å². The average Bonchev–Trinajstić information content (AvgIpc) is 2.92. The normalized spacial score (nSPS) is 12.2. The summed E-state index contributed by atoms with van der Waals surface area (Å²) >= 11 is 12.2. The number of halogens is 2. The second-order valence-electron chi connectivity index (χ2n) is 9.08. The second kappa shape index (κ2) is 16.4. The van der Waals surface area contributed by atoms with Crippen LogP contribution in [0.2, 0.25) is 10.0 Å². The summed E-state index contributed by atoms with van der Waals surface area (Å²) in [4.78, 5) is 41.8. The molecule has 2 amide bonds. The summed E-state index contributed by atoms with van der Waals surface area (Å²) in [6.07, 6.45) is 2.81. The highest BCUT2D eigenvalue weighted by molar-refractivity contribution is 6.34. The third kappa shape index (κ3) is 11.2. The van der Waals surface area contributed by atoms with Crippen LogP contribution in [0.15, 0.2) is 72.9 Å². The number of ether oxygens (including phenoxy) is 1. The smallest absolute Gasteiger partial charge is 0.305 e. The van der Waals surface area contributed by atoms with E-state index >= 15 is 0 Å². The first kappa shape index (κ1) is 30.9. The molecule has 0 fully saturated rings. The zero-order valence-corrected chi connectivity index (χ0v) is 23.3. The van der Waals surface area contributed by atoms with E-state index in [1.165, 1.54) is 6.07 Å². The van der Waals surface area contributed by atoms with Crippen molar-refractivity contribution in [3.8, 4) is 0 Å². The predicted octanol–water partition coefficient (Wildman–Crippen LogP) is 5.00. The molecule has 4 N–H and O–H groups in total. The number of carbonyl (C=O) groups excluding carboxylic acids is 2. The Bertz CT molecular complexity index is 1230. The van der Waals surface area contributed by atoms with Gasteiger partial charge in [-0.2, -0.15) is 0 Å². The topological polar surface area (TPSA) is 130 Å². The maximum atomic E-state index is 13.3. The molecular weight excluding hydrogens is 555 g/mol. The minimum atomic E-state index is -1.12. The fourth-order valence-corrected chi connectivity index (χ4v) is 4.43. The number of hydrogen-bond donors (Lipinski definition) is 4. The summed E-state index contributed by atoms with van der Waals surface area (Å²) in [6, 6.07) is 17.6. The summed E-state index contributed by atoms with van der Waals surface area (Å²) in [5.74, 6) is -1.26. The number of anilines is 1. The molecule has 1 heterocycles. The van der Waals surface area contributed by atoms with Crippen LogP contribution in [0.5, 0.6) is 0 Å². The third-order valence-corrected chi connectivity index (χ3v) is 6.27. The van der Waals surface area contributed by atoms with Gasteiger partial charge in [0, 0.05) is 29.2 Å². The lowest BCUT2D eigenvalue weighted by Crippen LogP contribution is -2.50. The standard InChI is InChI=1S/C29H32Cl2N4O5/c30-22-14-21(15-23(31)16-22)24(17-28(37)38)35-29(39)25(19-40-18-20-8-2-1-3-9-20)34-27(36)11-5-7-13-33-26-10-4-6-12-32-26/h1-4,6,8-10,12,14-16,24-25H,5,7,11,13,17-19H2,(H,32,33)(H,34,36)(H,35,39)(H,37,38)/t24?,25-/m1/s1. The number of benzene rings is 2. The van der Waals surface area contributed by atoms with Crippen LogP contribution in [0.25, 0.3) is 0 Å². The molecule has 3 rings (SSSR count). The van der Waals surface area contributed by atoms with Crippen LogP contribution in [0.1, 0.15) is 42.9 Å². The molecule has 1 unspecified atom stereocenters. The van der Waals surface area contributed by atoms with Gasteiger partial charge in [0.05, 0.1) is 25.7 Å². The van der Waals surface area contributed by atoms with Gasteiger partial charge in [0.15, 0.2) is 0 Å². The lowest BCUT2D eigenvalue weighted by atomic mass is 10.0. The summed E-state index contributed by atoms with van der Waals surface area (Å²) in [5.41, 5.74) is 1.34. The minimum Gasteiger partial charge on any atom is -0.481 e. The van der Waals surface area contributed by atoms with Gasteiger partial charge in [-0.25, -0.2) is 4.98 Å². The van der Waals surface area contributed by atoms with Gasteiger partial charge in [0.2, 0.25) is 11.8 Å². The Morgan fingerprint density at radius 1 is 0.925 bits per heavy atom. The molecule has 0 spiro atoms. The van der Waals surface area contributed by atoms with Gasteiger partial charge in [-0.15, -0.1) is 0 Å². The number of unbranched alkanes of at least 4 members (excludes halogenated alkanes) is 1. The SMILES string of the molecule is O=C(O)CC(NC(=O)[C@@H](COCc1ccccc1)NC(=O)CCCCNc1ccccn1)c1cc(Cl)cc(Cl)c1. The molecule has 0 aliphatic heterocycles. The number of aliphatic carboxylic acids is 1. The first-order chi connectivity index (χ1) is 19.3. The molecule has 0 aliphatic rings. The second-order valence-corrected chi connectivity index (χ2v) is 9.95. The number of carboxylic acids is 1. The number of hydrogen-bond acceptors (Lipinski definition) is 6. The van der Waals surface area contributed by atoms with Crippen molar-refractivity contribution in [2.24, 2.45) is 0 Å². The van der Waals surface area contributed by atoms with Crippen molar-refractivity contribution < 1.29 is 24.2 Å². The van der Waals surface area contributed by atoms with E-state index in [0.717, 1.165) is 17.8 Å². The number of nitrogens with zero attached hydrogens (tertiary/aromatic N) is 1. The number of carbonyl (C=O) groups is 3. The first-order valence-electron chi connectivity index (χ1n) is 12.8. The third-order valence-electron chi connectivity index (χ3n) is 5.83. The molecule has 0 bridgehead atoms. The van der Waals surface area contributed by atoms with E-state index in [1.54, 1.807) is 18.3 Å². The number of aromatic nitrogens is 1. The Morgan fingerprint density at radius 2 is 1.65 bits per heavy atom. The van der Waals surface area contributed by atoms with Gasteiger partial charge in [-0.3, -0.25) is 14.4 Å². The van der Waals surface area contributed by atoms with Crippen LogP contribution in [0.4, 0.5) is 5.82 Å². The molecule has 0 aliphatic carbocycles. The van der Waals surface area contributed by atoms with E-state index in [1.807, 2.05) is 48.5 Å². The Kier molecular flexibility index (Phi) is 12.7. The molecule has 0 saturated heterocycles. The number of amides is 2. The Balaban J connectivity index is 1.61. The van der Waals surface area contributed by atoms with Crippen molar-refractivity contribution in [2.45, 2.75) is 44.4 Å². The highest BCUT2D eigenvalue weighted by Gasteiger charge is 2.26. The van der Waals surface area contributed by atoms with Crippen LogP contribution in [-0.2, 0) is 25.7 Å². The predicted molar refractivity (Wildman–Crippen MR) is 154 cm³/mol. The fraction of sp³-hybridized carbons (Fsp3) is 0.310. The summed E-state index contributed by atoms with van der Waals surface area (Å²) in [6.45, 7) is 0.777. The zero-order chi connectivity index (χ0) is 28.7. The average molecular weight is 588 g/mol. The molecule has 40 heavy (non-hydrogen) atoms. The van der Waals surface area contributed by atoms with E-state index < -0.39 is 30.4 Å². The van der Waals surface area contributed by atoms with Gasteiger partial charge in [0.1, 0.15) is 11.9 Å². The zero-order valence-electron chi connectivity index (χ0n) is 21.8. The molecular formula is C29H32Cl2N4O5. The maximum absolute atomic E-state index is 13.3. The van der Waals surface area contributed by atoms with E-state index in [0.29, 0.717) is 28.6 Å². The molecule has 2 atom stereocenters. The molecule has 2 aromatic carbocycles. The van der Waals surface area contributed by atoms with Crippen LogP contribution >= 0.6 is 23.2 Å². The van der Waals surface area contributed by atoms with E-state index in [4.69, 9.17) is 27.9 Å². The largest absolute Gasteiger partial charge is 0.481 e. The van der Waals surface area contributed by atoms with Gasteiger partial charge < -0.3 is 25.8 Å². The van der Waals surface area contributed by atoms with Crippen molar-refractivity contribution in [3.63, 3.8) is 0 Å². The number of rotatable bonds is 16. The van der Waals surface area contributed by atoms with Crippen LogP contribution in [-0.4, -0.2) is 47.1 Å². The lowest BCUT2D eigenvalue weighted by Gasteiger charge is -2.23. The van der Waals surface area contributed by atoms with Gasteiger partial charge >= 0.3 is 5.97 Å². The van der Waals surface area contributed by atoms with Crippen LogP contribution in [0, 0.1) is 0 Å². The van der Waals surface area contributed by atoms with E-state index in [-0.39, 0.29) is 25.5 Å². The molecule has 9 nitrogen and oxygen atoms in total. The van der Waals surface area contributed by atoms with E-state index in [9.17, 15) is 19.5 Å². The summed E-state index contributed by atoms with van der Waals surface area (Å²) in [5, 5.41) is 18.7. The lowest BCUT2D eigenvalue weighted by molar-refractivity contribution is -0.138. The molecule has 212 valence electrons. The van der Waals surface area contributed by atoms with Crippen molar-refractivity contribution in [2.75, 3.05) is 18.5 Å². The monoisotopic (exact) mass is 586 g/mol. The van der Waals surface area contributed by atoms with Gasteiger partial charge in [-0.05, 0) is 54.3 Å². The Morgan fingerprint density at radius 3 is 2.33 bits per heavy atom. The molecule has 1 aromatic heterocycles. The molecule has 0 radical (unpaired) electrons. The van der Waals surface area contributed by atoms with Crippen molar-refractivity contribution in [1.82, 2.24) is 15.6 Å². The quantitative estimate of drug-likeness (QED) is 0.174. The highest BCUT2D eigenvalue weighted by atomic mass is 35.5. The molecule has 3 aromatic rings. The maximum Gasteiger partial charge on any atom is 0.305 e. The number of nitrogens with one attached hydrogen (secondary N) is 3. The number of carboxylic acid groups (broad SMARTS) is 1. The van der Waals surface area contributed by atoms with Gasteiger partial charge in [-0.1, -0.05) is 59.6 Å². The van der Waals surface area contributed by atoms with Crippen molar-refractivity contribution >= 4 is 46.8 Å². The van der Waals surface area contributed by atoms with E-state index in [2.05, 4.69) is 20.9 Å². The fourth-order valence-electron chi connectivity index (χ4n) is 3.89. The first-order valence-corrected chi connectivity index (χ1v) is 13.6. The van der Waals surface area contributed by atoms with Crippen molar-refractivity contribution in [3.05, 3.63) is 94.1 Å². The van der Waals surface area contributed by atoms with Crippen molar-refractivity contribution in [1.29, 1.82) is 0 Å². The summed E-state index contributed by atoms with van der Waals surface area (Å²) < 4.78 is 5.75. The van der Waals surface area contributed by atoms with Crippen LogP contribution in [0.3, 0.4) is 0 Å². The minimum absolute atomic E-state index is 0.107.